The molecular weight excluding hydrogens is 429 g/mol. The van der Waals surface area contributed by atoms with Gasteiger partial charge in [-0.15, -0.1) is 0 Å². The number of amides is 1. The summed E-state index contributed by atoms with van der Waals surface area (Å²) in [5, 5.41) is 11.7. The van der Waals surface area contributed by atoms with Crippen molar-refractivity contribution in [3.8, 4) is 5.69 Å². The maximum Gasteiger partial charge on any atom is 0.255 e. The van der Waals surface area contributed by atoms with Crippen LogP contribution in [0.5, 0.6) is 0 Å². The number of rotatable bonds is 5. The van der Waals surface area contributed by atoms with Crippen molar-refractivity contribution < 1.29 is 9.18 Å². The zero-order valence-corrected chi connectivity index (χ0v) is 18.7. The molecule has 0 radical (unpaired) electrons. The molecule has 0 saturated heterocycles. The minimum Gasteiger partial charge on any atom is -0.338 e. The number of para-hydroxylation sites is 1. The smallest absolute Gasteiger partial charge is 0.255 e. The Labute approximate surface area is 196 Å². The fraction of sp³-hybridized carbons (Fsp3) is 0.0741. The number of nitrogens with zero attached hydrogens (tertiary/aromatic N) is 3. The third-order valence-corrected chi connectivity index (χ3v) is 5.49. The molecule has 2 heterocycles. The van der Waals surface area contributed by atoms with Crippen LogP contribution in [0.4, 0.5) is 21.6 Å². The van der Waals surface area contributed by atoms with Crippen LogP contribution in [0.1, 0.15) is 21.6 Å². The number of halogens is 1. The fourth-order valence-corrected chi connectivity index (χ4v) is 3.72. The van der Waals surface area contributed by atoms with E-state index in [0.717, 1.165) is 28.0 Å². The second-order valence-electron chi connectivity index (χ2n) is 8.04. The van der Waals surface area contributed by atoms with Gasteiger partial charge in [0, 0.05) is 16.6 Å². The first kappa shape index (κ1) is 21.3. The van der Waals surface area contributed by atoms with Crippen LogP contribution in [0.2, 0.25) is 0 Å². The minimum atomic E-state index is -0.473. The Hall–Kier alpha value is -4.52. The molecule has 7 heteroatoms. The number of carbonyl (C=O) groups is 1. The lowest BCUT2D eigenvalue weighted by molar-refractivity contribution is 0.102. The largest absolute Gasteiger partial charge is 0.338 e. The summed E-state index contributed by atoms with van der Waals surface area (Å²) in [7, 11) is 0. The lowest BCUT2D eigenvalue weighted by Crippen LogP contribution is -2.14. The topological polar surface area (TPSA) is 71.8 Å². The van der Waals surface area contributed by atoms with E-state index in [2.05, 4.69) is 15.7 Å². The third-order valence-electron chi connectivity index (χ3n) is 5.49. The van der Waals surface area contributed by atoms with Crippen molar-refractivity contribution in [3.05, 3.63) is 108 Å². The third kappa shape index (κ3) is 4.23. The molecule has 34 heavy (non-hydrogen) atoms. The molecule has 0 bridgehead atoms. The number of benzene rings is 3. The van der Waals surface area contributed by atoms with E-state index in [-0.39, 0.29) is 5.56 Å². The molecule has 1 amide bonds. The highest BCUT2D eigenvalue weighted by atomic mass is 19.1. The van der Waals surface area contributed by atoms with E-state index in [1.165, 1.54) is 18.2 Å². The van der Waals surface area contributed by atoms with Gasteiger partial charge < -0.3 is 10.6 Å². The van der Waals surface area contributed by atoms with Gasteiger partial charge in [-0.05, 0) is 62.4 Å². The zero-order chi connectivity index (χ0) is 23.7. The Morgan fingerprint density at radius 1 is 0.912 bits per heavy atom. The molecular formula is C27H22FN5O. The highest BCUT2D eigenvalue weighted by Crippen LogP contribution is 2.31. The summed E-state index contributed by atoms with van der Waals surface area (Å²) in [5.41, 5.74) is 4.95. The average molecular weight is 452 g/mol. The molecule has 168 valence electrons. The standard InChI is InChI=1S/C27H22FN5O/c1-17-11-13-21(14-12-17)29-25-24(30-27(34)19-7-6-8-20(28)15-19)16-23-18(2)32-33(26(23)31-25)22-9-4-3-5-10-22/h3-16H,1-2H3,(H,29,31)(H,30,34). The first-order chi connectivity index (χ1) is 16.5. The van der Waals surface area contributed by atoms with Crippen molar-refractivity contribution in [1.82, 2.24) is 14.8 Å². The van der Waals surface area contributed by atoms with Gasteiger partial charge in [0.25, 0.3) is 5.91 Å². The van der Waals surface area contributed by atoms with Crippen molar-refractivity contribution in [2.24, 2.45) is 0 Å². The van der Waals surface area contributed by atoms with E-state index in [9.17, 15) is 9.18 Å². The van der Waals surface area contributed by atoms with Crippen molar-refractivity contribution in [1.29, 1.82) is 0 Å². The van der Waals surface area contributed by atoms with Crippen LogP contribution in [0.15, 0.2) is 84.9 Å². The molecule has 0 saturated carbocycles. The van der Waals surface area contributed by atoms with Gasteiger partial charge in [-0.2, -0.15) is 5.10 Å². The second-order valence-corrected chi connectivity index (χ2v) is 8.04. The number of hydrogen-bond acceptors (Lipinski definition) is 4. The van der Waals surface area contributed by atoms with Crippen molar-refractivity contribution in [2.75, 3.05) is 10.6 Å². The molecule has 0 aliphatic carbocycles. The molecule has 0 fully saturated rings. The predicted molar refractivity (Wildman–Crippen MR) is 132 cm³/mol. The van der Waals surface area contributed by atoms with Gasteiger partial charge >= 0.3 is 0 Å². The molecule has 0 unspecified atom stereocenters. The van der Waals surface area contributed by atoms with Crippen molar-refractivity contribution in [3.63, 3.8) is 0 Å². The number of pyridine rings is 1. The Balaban J connectivity index is 1.62. The molecule has 2 aromatic heterocycles. The van der Waals surface area contributed by atoms with Gasteiger partial charge in [0.1, 0.15) is 5.82 Å². The Bertz CT molecular complexity index is 1490. The summed E-state index contributed by atoms with van der Waals surface area (Å²) in [6, 6.07) is 25.0. The highest BCUT2D eigenvalue weighted by molar-refractivity contribution is 6.07. The van der Waals surface area contributed by atoms with Gasteiger partial charge in [-0.25, -0.2) is 14.1 Å². The van der Waals surface area contributed by atoms with E-state index in [0.29, 0.717) is 17.2 Å². The van der Waals surface area contributed by atoms with Crippen LogP contribution in [-0.2, 0) is 0 Å². The van der Waals surface area contributed by atoms with Gasteiger partial charge in [0.05, 0.1) is 17.1 Å². The maximum atomic E-state index is 13.7. The van der Waals surface area contributed by atoms with E-state index >= 15 is 0 Å². The number of carbonyl (C=O) groups excluding carboxylic acids is 1. The van der Waals surface area contributed by atoms with E-state index in [1.807, 2.05) is 74.5 Å². The van der Waals surface area contributed by atoms with Crippen LogP contribution < -0.4 is 10.6 Å². The van der Waals surface area contributed by atoms with Gasteiger partial charge in [-0.1, -0.05) is 42.0 Å². The number of anilines is 3. The SMILES string of the molecule is Cc1ccc(Nc2nc3c(cc2NC(=O)c2cccc(F)c2)c(C)nn3-c2ccccc2)cc1. The van der Waals surface area contributed by atoms with Crippen LogP contribution in [-0.4, -0.2) is 20.7 Å². The summed E-state index contributed by atoms with van der Waals surface area (Å²) >= 11 is 0. The average Bonchev–Trinajstić information content (AvgIpc) is 3.16. The number of fused-ring (bicyclic) bond motifs is 1. The minimum absolute atomic E-state index is 0.220. The zero-order valence-electron chi connectivity index (χ0n) is 18.7. The monoisotopic (exact) mass is 451 g/mol. The fourth-order valence-electron chi connectivity index (χ4n) is 3.72. The predicted octanol–water partition coefficient (Wildman–Crippen LogP) is 6.17. The van der Waals surface area contributed by atoms with Gasteiger partial charge in [-0.3, -0.25) is 4.79 Å². The summed E-state index contributed by atoms with van der Waals surface area (Å²) in [6.07, 6.45) is 0. The summed E-state index contributed by atoms with van der Waals surface area (Å²) in [5.74, 6) is -0.446. The number of aryl methyl sites for hydroxylation is 2. The molecule has 0 atom stereocenters. The summed E-state index contributed by atoms with van der Waals surface area (Å²) in [6.45, 7) is 3.91. The lowest BCUT2D eigenvalue weighted by atomic mass is 10.2. The molecule has 6 nitrogen and oxygen atoms in total. The first-order valence-electron chi connectivity index (χ1n) is 10.8. The van der Waals surface area contributed by atoms with Crippen molar-refractivity contribution >= 4 is 34.1 Å². The molecule has 0 spiro atoms. The summed E-state index contributed by atoms with van der Waals surface area (Å²) < 4.78 is 15.5. The molecule has 2 N–H and O–H groups in total. The van der Waals surface area contributed by atoms with E-state index in [4.69, 9.17) is 4.98 Å². The summed E-state index contributed by atoms with van der Waals surface area (Å²) in [4.78, 5) is 17.8. The van der Waals surface area contributed by atoms with Gasteiger partial charge in [0.2, 0.25) is 0 Å². The van der Waals surface area contributed by atoms with Crippen LogP contribution >= 0.6 is 0 Å². The normalized spacial score (nSPS) is 10.9. The van der Waals surface area contributed by atoms with Crippen LogP contribution in [0, 0.1) is 19.7 Å². The second kappa shape index (κ2) is 8.78. The lowest BCUT2D eigenvalue weighted by Gasteiger charge is -2.14. The first-order valence-corrected chi connectivity index (χ1v) is 10.8. The molecule has 5 aromatic rings. The van der Waals surface area contributed by atoms with Crippen LogP contribution in [0.3, 0.4) is 0 Å². The number of hydrogen-bond donors (Lipinski definition) is 2. The van der Waals surface area contributed by atoms with E-state index in [1.54, 1.807) is 10.7 Å². The Morgan fingerprint density at radius 3 is 2.41 bits per heavy atom. The number of nitrogens with one attached hydrogen (secondary N) is 2. The molecule has 5 rings (SSSR count). The Kier molecular flexibility index (Phi) is 5.51. The molecule has 3 aromatic carbocycles. The maximum absolute atomic E-state index is 13.7. The molecule has 0 aliphatic heterocycles. The number of aromatic nitrogens is 3. The quantitative estimate of drug-likeness (QED) is 0.335. The van der Waals surface area contributed by atoms with Gasteiger partial charge in [0.15, 0.2) is 11.5 Å². The molecule has 0 aliphatic rings. The van der Waals surface area contributed by atoms with E-state index < -0.39 is 11.7 Å². The Morgan fingerprint density at radius 2 is 1.68 bits per heavy atom. The highest BCUT2D eigenvalue weighted by Gasteiger charge is 2.18. The van der Waals surface area contributed by atoms with Crippen LogP contribution in [0.25, 0.3) is 16.7 Å². The van der Waals surface area contributed by atoms with Crippen molar-refractivity contribution in [2.45, 2.75) is 13.8 Å².